The molecule has 1 rings (SSSR count). The van der Waals surface area contributed by atoms with E-state index in [4.69, 9.17) is 4.74 Å². The second kappa shape index (κ2) is 5.70. The van der Waals surface area contributed by atoms with E-state index in [-0.39, 0.29) is 0 Å². The summed E-state index contributed by atoms with van der Waals surface area (Å²) in [6.07, 6.45) is 1.87. The van der Waals surface area contributed by atoms with E-state index in [0.717, 1.165) is 10.6 Å². The maximum absolute atomic E-state index is 10.6. The molecule has 0 unspecified atom stereocenters. The fraction of sp³-hybridized carbons (Fsp3) is 0.364. The van der Waals surface area contributed by atoms with Crippen LogP contribution in [0.2, 0.25) is 0 Å². The van der Waals surface area contributed by atoms with E-state index in [2.05, 4.69) is 6.92 Å². The molecule has 0 fully saturated rings. The van der Waals surface area contributed by atoms with E-state index in [1.54, 1.807) is 17.8 Å². The van der Waals surface area contributed by atoms with Crippen LogP contribution in [0.15, 0.2) is 23.1 Å². The Morgan fingerprint density at radius 3 is 2.79 bits per heavy atom. The van der Waals surface area contributed by atoms with Gasteiger partial charge in [-0.05, 0) is 30.9 Å². The molecule has 0 N–H and O–H groups in total. The molecule has 3 heteroatoms. The highest BCUT2D eigenvalue weighted by atomic mass is 32.2. The summed E-state index contributed by atoms with van der Waals surface area (Å²) in [5, 5.41) is 0. The molecule has 1 aromatic carbocycles. The largest absolute Gasteiger partial charge is 0.493 e. The molecule has 0 spiro atoms. The molecule has 0 saturated carbocycles. The molecular formula is C11H13O2S. The summed E-state index contributed by atoms with van der Waals surface area (Å²) < 4.78 is 5.34. The van der Waals surface area contributed by atoms with Crippen LogP contribution in [0.4, 0.5) is 0 Å². The van der Waals surface area contributed by atoms with Crippen molar-refractivity contribution in [1.82, 2.24) is 0 Å². The number of ether oxygens (including phenoxy) is 1. The Morgan fingerprint density at radius 1 is 1.43 bits per heavy atom. The first-order valence-electron chi connectivity index (χ1n) is 4.59. The van der Waals surface area contributed by atoms with Crippen LogP contribution in [0.25, 0.3) is 0 Å². The quantitative estimate of drug-likeness (QED) is 0.697. The molecular weight excluding hydrogens is 196 g/mol. The van der Waals surface area contributed by atoms with Crippen molar-refractivity contribution in [1.29, 1.82) is 0 Å². The van der Waals surface area contributed by atoms with Gasteiger partial charge in [0.05, 0.1) is 12.2 Å². The normalized spacial score (nSPS) is 9.86. The summed E-state index contributed by atoms with van der Waals surface area (Å²) in [5.41, 5.74) is 0.493. The van der Waals surface area contributed by atoms with Gasteiger partial charge in [-0.25, -0.2) is 0 Å². The third kappa shape index (κ3) is 2.77. The molecule has 0 aliphatic rings. The van der Waals surface area contributed by atoms with E-state index in [0.29, 0.717) is 17.9 Å². The first kappa shape index (κ1) is 11.1. The van der Waals surface area contributed by atoms with Crippen LogP contribution in [-0.2, 0) is 4.79 Å². The lowest BCUT2D eigenvalue weighted by Crippen LogP contribution is -1.96. The molecule has 0 aliphatic carbocycles. The molecule has 0 saturated heterocycles. The van der Waals surface area contributed by atoms with Crippen LogP contribution in [0.1, 0.15) is 19.4 Å². The minimum Gasteiger partial charge on any atom is -0.493 e. The van der Waals surface area contributed by atoms with Gasteiger partial charge >= 0.3 is 0 Å². The molecule has 14 heavy (non-hydrogen) atoms. The van der Waals surface area contributed by atoms with Crippen LogP contribution in [0.5, 0.6) is 5.75 Å². The average molecular weight is 209 g/mol. The summed E-state index contributed by atoms with van der Waals surface area (Å²) in [7, 11) is 0. The number of hydrogen-bond donors (Lipinski definition) is 0. The van der Waals surface area contributed by atoms with E-state index >= 15 is 0 Å². The summed E-state index contributed by atoms with van der Waals surface area (Å²) in [5.74, 6) is 1.64. The maximum atomic E-state index is 10.6. The van der Waals surface area contributed by atoms with Gasteiger partial charge in [0.2, 0.25) is 6.29 Å². The van der Waals surface area contributed by atoms with Crippen molar-refractivity contribution in [3.05, 3.63) is 23.8 Å². The van der Waals surface area contributed by atoms with E-state index in [9.17, 15) is 4.79 Å². The third-order valence-corrected chi connectivity index (χ3v) is 2.55. The number of hydrogen-bond acceptors (Lipinski definition) is 3. The molecule has 75 valence electrons. The molecule has 1 aromatic rings. The fourth-order valence-corrected chi connectivity index (χ4v) is 1.81. The number of carbonyl (C=O) groups excluding carboxylic acids is 1. The molecule has 0 atom stereocenters. The lowest BCUT2D eigenvalue weighted by molar-refractivity contribution is 0.338. The molecule has 2 nitrogen and oxygen atoms in total. The van der Waals surface area contributed by atoms with Crippen molar-refractivity contribution >= 4 is 18.0 Å². The Hall–Kier alpha value is -0.960. The molecule has 0 amide bonds. The Kier molecular flexibility index (Phi) is 4.53. The highest BCUT2D eigenvalue weighted by Crippen LogP contribution is 2.25. The van der Waals surface area contributed by atoms with Gasteiger partial charge < -0.3 is 4.74 Å². The van der Waals surface area contributed by atoms with E-state index in [1.165, 1.54) is 0 Å². The first-order chi connectivity index (χ1) is 6.81. The monoisotopic (exact) mass is 209 g/mol. The van der Waals surface area contributed by atoms with Crippen molar-refractivity contribution in [2.75, 3.05) is 12.4 Å². The molecule has 1 radical (unpaired) electrons. The molecule has 0 aromatic heterocycles. The number of thioether (sulfide) groups is 1. The van der Waals surface area contributed by atoms with Gasteiger partial charge in [0, 0.05) is 4.90 Å². The summed E-state index contributed by atoms with van der Waals surface area (Å²) >= 11 is 1.72. The second-order valence-electron chi connectivity index (χ2n) is 2.63. The number of rotatable bonds is 5. The Morgan fingerprint density at radius 2 is 2.21 bits per heavy atom. The zero-order valence-electron chi connectivity index (χ0n) is 8.37. The van der Waals surface area contributed by atoms with Gasteiger partial charge in [0.25, 0.3) is 0 Å². The summed E-state index contributed by atoms with van der Waals surface area (Å²) in [6.45, 7) is 4.55. The van der Waals surface area contributed by atoms with Gasteiger partial charge in [0.15, 0.2) is 0 Å². The topological polar surface area (TPSA) is 26.3 Å². The van der Waals surface area contributed by atoms with Gasteiger partial charge in [-0.2, -0.15) is 0 Å². The lowest BCUT2D eigenvalue weighted by atomic mass is 10.2. The van der Waals surface area contributed by atoms with Crippen molar-refractivity contribution in [2.45, 2.75) is 18.7 Å². The molecule has 0 bridgehead atoms. The Bertz CT molecular complexity index is 310. The highest BCUT2D eigenvalue weighted by molar-refractivity contribution is 7.99. The molecule has 0 aliphatic heterocycles. The van der Waals surface area contributed by atoms with Crippen molar-refractivity contribution in [2.24, 2.45) is 0 Å². The van der Waals surface area contributed by atoms with Crippen molar-refractivity contribution in [3.8, 4) is 5.75 Å². The minimum atomic E-state index is 0.493. The highest BCUT2D eigenvalue weighted by Gasteiger charge is 2.04. The van der Waals surface area contributed by atoms with Crippen LogP contribution in [0, 0.1) is 0 Å². The predicted molar refractivity (Wildman–Crippen MR) is 58.8 cm³/mol. The van der Waals surface area contributed by atoms with Gasteiger partial charge in [-0.3, -0.25) is 4.79 Å². The first-order valence-corrected chi connectivity index (χ1v) is 5.58. The predicted octanol–water partition coefficient (Wildman–Crippen LogP) is 2.66. The fourth-order valence-electron chi connectivity index (χ4n) is 1.12. The second-order valence-corrected chi connectivity index (χ2v) is 3.96. The van der Waals surface area contributed by atoms with Crippen molar-refractivity contribution < 1.29 is 9.53 Å². The average Bonchev–Trinajstić information content (AvgIpc) is 2.19. The van der Waals surface area contributed by atoms with Crippen LogP contribution in [-0.4, -0.2) is 18.6 Å². The zero-order chi connectivity index (χ0) is 10.4. The van der Waals surface area contributed by atoms with E-state index in [1.807, 2.05) is 25.3 Å². The summed E-state index contributed by atoms with van der Waals surface area (Å²) in [4.78, 5) is 11.7. The zero-order valence-corrected chi connectivity index (χ0v) is 9.19. The SMILES string of the molecule is CCOc1cc(SCC)ccc1[C]=O. The van der Waals surface area contributed by atoms with Gasteiger partial charge in [-0.1, -0.05) is 6.92 Å². The molecule has 0 heterocycles. The van der Waals surface area contributed by atoms with E-state index < -0.39 is 0 Å². The summed E-state index contributed by atoms with van der Waals surface area (Å²) in [6, 6.07) is 5.55. The minimum absolute atomic E-state index is 0.493. The van der Waals surface area contributed by atoms with Crippen LogP contribution in [0.3, 0.4) is 0 Å². The Balaban J connectivity index is 2.94. The van der Waals surface area contributed by atoms with Crippen LogP contribution >= 0.6 is 11.8 Å². The lowest BCUT2D eigenvalue weighted by Gasteiger charge is -2.07. The van der Waals surface area contributed by atoms with Gasteiger partial charge in [-0.15, -0.1) is 11.8 Å². The third-order valence-electron chi connectivity index (χ3n) is 1.67. The number of benzene rings is 1. The van der Waals surface area contributed by atoms with Crippen LogP contribution < -0.4 is 4.74 Å². The van der Waals surface area contributed by atoms with Crippen molar-refractivity contribution in [3.63, 3.8) is 0 Å². The standard InChI is InChI=1S/C11H13O2S/c1-3-13-11-7-10(14-4-2)6-5-9(11)8-12/h5-7H,3-4H2,1-2H3. The van der Waals surface area contributed by atoms with Gasteiger partial charge in [0.1, 0.15) is 5.75 Å². The Labute approximate surface area is 88.7 Å². The smallest absolute Gasteiger partial charge is 0.237 e. The maximum Gasteiger partial charge on any atom is 0.237 e.